The lowest BCUT2D eigenvalue weighted by molar-refractivity contribution is 1.07. The summed E-state index contributed by atoms with van der Waals surface area (Å²) in [5.74, 6) is 1.91. The van der Waals surface area contributed by atoms with Crippen LogP contribution in [0.2, 0.25) is 0 Å². The third-order valence-electron chi connectivity index (χ3n) is 12.1. The van der Waals surface area contributed by atoms with Crippen LogP contribution in [-0.2, 0) is 0 Å². The highest BCUT2D eigenvalue weighted by Gasteiger charge is 2.26. The maximum absolute atomic E-state index is 10.1. The van der Waals surface area contributed by atoms with E-state index in [9.17, 15) is 5.26 Å². The summed E-state index contributed by atoms with van der Waals surface area (Å²) < 4.78 is 0. The molecule has 60 heavy (non-hydrogen) atoms. The average Bonchev–Trinajstić information content (AvgIpc) is 3.65. The Morgan fingerprint density at radius 1 is 0.300 bits per heavy atom. The molecule has 0 N–H and O–H groups in total. The lowest BCUT2D eigenvalue weighted by atomic mass is 9.85. The van der Waals surface area contributed by atoms with Gasteiger partial charge in [0.1, 0.15) is 0 Å². The van der Waals surface area contributed by atoms with Gasteiger partial charge in [0.05, 0.1) is 11.6 Å². The van der Waals surface area contributed by atoms with Crippen molar-refractivity contribution in [2.24, 2.45) is 0 Å². The number of aromatic nitrogens is 3. The third kappa shape index (κ3) is 5.20. The molecule has 1 aliphatic carbocycles. The Labute approximate surface area is 346 Å². The lowest BCUT2D eigenvalue weighted by Crippen LogP contribution is -2.00. The normalized spacial score (nSPS) is 11.7. The van der Waals surface area contributed by atoms with Crippen molar-refractivity contribution in [2.45, 2.75) is 0 Å². The number of hydrogen-bond donors (Lipinski definition) is 0. The molecule has 0 radical (unpaired) electrons. The van der Waals surface area contributed by atoms with E-state index in [0.717, 1.165) is 60.3 Å². The van der Waals surface area contributed by atoms with E-state index in [1.54, 1.807) is 0 Å². The summed E-state index contributed by atoms with van der Waals surface area (Å²) in [6.07, 6.45) is 0. The van der Waals surface area contributed by atoms with E-state index in [2.05, 4.69) is 127 Å². The van der Waals surface area contributed by atoms with Gasteiger partial charge in [-0.2, -0.15) is 5.26 Å². The van der Waals surface area contributed by atoms with Crippen LogP contribution in [0.15, 0.2) is 194 Å². The van der Waals surface area contributed by atoms with Crippen LogP contribution < -0.4 is 0 Å². The molecule has 0 saturated heterocycles. The predicted molar refractivity (Wildman–Crippen MR) is 246 cm³/mol. The van der Waals surface area contributed by atoms with Gasteiger partial charge in [0.25, 0.3) is 0 Å². The Morgan fingerprint density at radius 3 is 1.37 bits per heavy atom. The summed E-state index contributed by atoms with van der Waals surface area (Å²) in [5.41, 5.74) is 13.1. The molecule has 0 unspecified atom stereocenters. The van der Waals surface area contributed by atoms with Crippen molar-refractivity contribution in [1.82, 2.24) is 15.0 Å². The fourth-order valence-corrected chi connectivity index (χ4v) is 9.38. The first-order valence-corrected chi connectivity index (χ1v) is 20.2. The van der Waals surface area contributed by atoms with Crippen molar-refractivity contribution < 1.29 is 0 Å². The minimum absolute atomic E-state index is 0.629. The molecular weight excluding hydrogens is 729 g/mol. The van der Waals surface area contributed by atoms with E-state index in [1.807, 2.05) is 72.8 Å². The van der Waals surface area contributed by atoms with Crippen LogP contribution in [-0.4, -0.2) is 15.0 Å². The number of nitriles is 1. The van der Waals surface area contributed by atoms with Crippen molar-refractivity contribution in [1.29, 1.82) is 5.26 Å². The maximum Gasteiger partial charge on any atom is 0.164 e. The van der Waals surface area contributed by atoms with Crippen molar-refractivity contribution in [3.05, 3.63) is 200 Å². The fourth-order valence-electron chi connectivity index (χ4n) is 9.38. The number of fused-ring (bicyclic) bond motifs is 7. The molecule has 0 fully saturated rings. The molecule has 10 aromatic carbocycles. The molecule has 0 aliphatic heterocycles. The van der Waals surface area contributed by atoms with Crippen molar-refractivity contribution in [3.63, 3.8) is 0 Å². The number of nitrogens with zero attached hydrogens (tertiary/aromatic N) is 4. The van der Waals surface area contributed by atoms with Crippen molar-refractivity contribution in [2.75, 3.05) is 0 Å². The Hall–Kier alpha value is -8.26. The number of benzene rings is 10. The first-order chi connectivity index (χ1) is 29.7. The highest BCUT2D eigenvalue weighted by Crippen LogP contribution is 2.53. The Bertz CT molecular complexity index is 3520. The van der Waals surface area contributed by atoms with Gasteiger partial charge in [0, 0.05) is 22.1 Å². The Balaban J connectivity index is 1.10. The summed E-state index contributed by atoms with van der Waals surface area (Å²) in [6.45, 7) is 0. The van der Waals surface area contributed by atoms with E-state index in [1.165, 1.54) is 44.0 Å². The lowest BCUT2D eigenvalue weighted by Gasteiger charge is -2.18. The molecule has 276 valence electrons. The number of rotatable bonds is 5. The molecule has 1 aromatic heterocycles. The van der Waals surface area contributed by atoms with E-state index in [0.29, 0.717) is 23.0 Å². The molecule has 4 heteroatoms. The van der Waals surface area contributed by atoms with Crippen LogP contribution >= 0.6 is 0 Å². The van der Waals surface area contributed by atoms with Crippen LogP contribution in [0.25, 0.3) is 122 Å². The summed E-state index contributed by atoms with van der Waals surface area (Å²) in [4.78, 5) is 15.0. The second kappa shape index (κ2) is 13.4. The predicted octanol–water partition coefficient (Wildman–Crippen LogP) is 14.3. The minimum Gasteiger partial charge on any atom is -0.208 e. The Morgan fingerprint density at radius 2 is 0.750 bits per heavy atom. The highest BCUT2D eigenvalue weighted by atomic mass is 15.0. The van der Waals surface area contributed by atoms with Gasteiger partial charge in [-0.15, -0.1) is 0 Å². The van der Waals surface area contributed by atoms with Gasteiger partial charge in [-0.3, -0.25) is 0 Å². The molecule has 1 aliphatic rings. The SMILES string of the molecule is N#Cc1ccc(-c2ccc3c4c(ccc(-c5cccc6c5ccc5ccc(-c7nc(-c8ccccc8)nc(-c8ccccc8)n7)cc56)c24)-c2ccccc2-3)c2ccccc12. The van der Waals surface area contributed by atoms with Gasteiger partial charge < -0.3 is 0 Å². The molecule has 0 spiro atoms. The zero-order chi connectivity index (χ0) is 39.7. The summed E-state index contributed by atoms with van der Waals surface area (Å²) in [5, 5.41) is 19.2. The smallest absolute Gasteiger partial charge is 0.164 e. The van der Waals surface area contributed by atoms with E-state index in [4.69, 9.17) is 15.0 Å². The standard InChI is InChI=1S/C56H32N4/c57-33-38-25-27-46(40-17-8-7-16-39(38)40)50-31-30-48-42-19-10-9-18-41(42)47-28-29-49(53(50)52(47)48)43-20-11-21-44-45(43)26-24-34-22-23-37(32-51(34)44)56-59-54(35-12-3-1-4-13-35)58-55(60-56)36-14-5-2-6-15-36/h1-32H. The van der Waals surface area contributed by atoms with Crippen molar-refractivity contribution in [3.8, 4) is 84.7 Å². The molecule has 0 atom stereocenters. The van der Waals surface area contributed by atoms with Crippen molar-refractivity contribution >= 4 is 43.1 Å². The molecule has 12 rings (SSSR count). The summed E-state index contributed by atoms with van der Waals surface area (Å²) in [7, 11) is 0. The molecular formula is C56H32N4. The van der Waals surface area contributed by atoms with Crippen LogP contribution in [0, 0.1) is 11.3 Å². The van der Waals surface area contributed by atoms with E-state index < -0.39 is 0 Å². The van der Waals surface area contributed by atoms with Gasteiger partial charge in [-0.05, 0) is 94.3 Å². The topological polar surface area (TPSA) is 62.5 Å². The van der Waals surface area contributed by atoms with Gasteiger partial charge in [-0.1, -0.05) is 182 Å². The van der Waals surface area contributed by atoms with Gasteiger partial charge in [-0.25, -0.2) is 15.0 Å². The Kier molecular flexibility index (Phi) is 7.57. The van der Waals surface area contributed by atoms with Gasteiger partial charge >= 0.3 is 0 Å². The van der Waals surface area contributed by atoms with Crippen LogP contribution in [0.5, 0.6) is 0 Å². The summed E-state index contributed by atoms with van der Waals surface area (Å²) >= 11 is 0. The minimum atomic E-state index is 0.629. The van der Waals surface area contributed by atoms with Crippen LogP contribution in [0.1, 0.15) is 5.56 Å². The van der Waals surface area contributed by atoms with Crippen LogP contribution in [0.3, 0.4) is 0 Å². The molecule has 0 amide bonds. The third-order valence-corrected chi connectivity index (χ3v) is 12.1. The molecule has 0 saturated carbocycles. The van der Waals surface area contributed by atoms with Gasteiger partial charge in [0.15, 0.2) is 17.5 Å². The van der Waals surface area contributed by atoms with Crippen LogP contribution in [0.4, 0.5) is 0 Å². The molecule has 11 aromatic rings. The van der Waals surface area contributed by atoms with E-state index in [-0.39, 0.29) is 0 Å². The zero-order valence-electron chi connectivity index (χ0n) is 32.3. The molecule has 4 nitrogen and oxygen atoms in total. The highest BCUT2D eigenvalue weighted by molar-refractivity contribution is 6.25. The maximum atomic E-state index is 10.1. The zero-order valence-corrected chi connectivity index (χ0v) is 32.3. The largest absolute Gasteiger partial charge is 0.208 e. The second-order valence-electron chi connectivity index (χ2n) is 15.4. The monoisotopic (exact) mass is 760 g/mol. The van der Waals surface area contributed by atoms with Gasteiger partial charge in [0.2, 0.25) is 0 Å². The molecule has 1 heterocycles. The fraction of sp³-hybridized carbons (Fsp3) is 0. The van der Waals surface area contributed by atoms with E-state index >= 15 is 0 Å². The first-order valence-electron chi connectivity index (χ1n) is 20.2. The summed E-state index contributed by atoms with van der Waals surface area (Å²) in [6, 6.07) is 70.6. The average molecular weight is 761 g/mol. The second-order valence-corrected chi connectivity index (χ2v) is 15.4. The number of hydrogen-bond acceptors (Lipinski definition) is 4. The quantitative estimate of drug-likeness (QED) is 0.164. The molecule has 0 bridgehead atoms. The first kappa shape index (κ1) is 33.8.